The highest BCUT2D eigenvalue weighted by Crippen LogP contribution is 2.23. The van der Waals surface area contributed by atoms with Crippen molar-refractivity contribution in [2.45, 2.75) is 25.2 Å². The third-order valence-electron chi connectivity index (χ3n) is 2.34. The van der Waals surface area contributed by atoms with Gasteiger partial charge in [0.25, 0.3) is 0 Å². The predicted octanol–water partition coefficient (Wildman–Crippen LogP) is 2.49. The molecule has 0 aliphatic carbocycles. The molecule has 102 valence electrons. The van der Waals surface area contributed by atoms with Gasteiger partial charge in [0.2, 0.25) is 0 Å². The van der Waals surface area contributed by atoms with Crippen LogP contribution in [0.1, 0.15) is 12.0 Å². The minimum atomic E-state index is -4.65. The molecule has 0 spiro atoms. The number of rotatable bonds is 6. The van der Waals surface area contributed by atoms with E-state index in [2.05, 4.69) is 4.74 Å². The van der Waals surface area contributed by atoms with E-state index in [-0.39, 0.29) is 11.8 Å². The number of nitrogens with two attached hydrogens (primary N) is 1. The molecule has 1 aromatic carbocycles. The van der Waals surface area contributed by atoms with Crippen LogP contribution in [-0.4, -0.2) is 26.1 Å². The Morgan fingerprint density at radius 2 is 1.83 bits per heavy atom. The second kappa shape index (κ2) is 6.61. The summed E-state index contributed by atoms with van der Waals surface area (Å²) >= 11 is 0. The van der Waals surface area contributed by atoms with Crippen molar-refractivity contribution in [2.24, 2.45) is 5.73 Å². The lowest BCUT2D eigenvalue weighted by atomic mass is 10.1. The van der Waals surface area contributed by atoms with E-state index in [4.69, 9.17) is 10.5 Å². The Hall–Kier alpha value is -1.27. The maximum atomic E-state index is 11.9. The SMILES string of the molecule is COCC(N)CCc1ccc(OC(F)(F)F)cc1. The largest absolute Gasteiger partial charge is 0.573 e. The van der Waals surface area contributed by atoms with E-state index >= 15 is 0 Å². The molecule has 0 saturated heterocycles. The first-order chi connectivity index (χ1) is 8.40. The summed E-state index contributed by atoms with van der Waals surface area (Å²) in [6.07, 6.45) is -3.24. The van der Waals surface area contributed by atoms with E-state index in [9.17, 15) is 13.2 Å². The predicted molar refractivity (Wildman–Crippen MR) is 61.3 cm³/mol. The van der Waals surface area contributed by atoms with Gasteiger partial charge in [0.05, 0.1) is 6.61 Å². The second-order valence-corrected chi connectivity index (χ2v) is 3.95. The molecule has 1 aromatic rings. The Morgan fingerprint density at radius 3 is 2.33 bits per heavy atom. The number of aryl methyl sites for hydroxylation is 1. The summed E-state index contributed by atoms with van der Waals surface area (Å²) in [5.41, 5.74) is 6.66. The molecule has 18 heavy (non-hydrogen) atoms. The quantitative estimate of drug-likeness (QED) is 0.857. The minimum Gasteiger partial charge on any atom is -0.406 e. The summed E-state index contributed by atoms with van der Waals surface area (Å²) in [6.45, 7) is 0.468. The Bertz CT molecular complexity index is 351. The zero-order chi connectivity index (χ0) is 13.6. The monoisotopic (exact) mass is 263 g/mol. The summed E-state index contributed by atoms with van der Waals surface area (Å²) in [5, 5.41) is 0. The highest BCUT2D eigenvalue weighted by Gasteiger charge is 2.30. The molecule has 0 bridgehead atoms. The van der Waals surface area contributed by atoms with Crippen LogP contribution in [-0.2, 0) is 11.2 Å². The van der Waals surface area contributed by atoms with E-state index in [0.29, 0.717) is 19.4 Å². The summed E-state index contributed by atoms with van der Waals surface area (Å²) in [6, 6.07) is 5.72. The smallest absolute Gasteiger partial charge is 0.406 e. The fraction of sp³-hybridized carbons (Fsp3) is 0.500. The van der Waals surface area contributed by atoms with Gasteiger partial charge in [-0.1, -0.05) is 12.1 Å². The third-order valence-corrected chi connectivity index (χ3v) is 2.34. The molecule has 0 amide bonds. The molecule has 2 N–H and O–H groups in total. The average Bonchev–Trinajstić information content (AvgIpc) is 2.26. The number of hydrogen-bond donors (Lipinski definition) is 1. The number of methoxy groups -OCH3 is 1. The normalized spacial score (nSPS) is 13.4. The van der Waals surface area contributed by atoms with E-state index in [0.717, 1.165) is 5.56 Å². The lowest BCUT2D eigenvalue weighted by Crippen LogP contribution is -2.26. The van der Waals surface area contributed by atoms with Crippen molar-refractivity contribution >= 4 is 0 Å². The van der Waals surface area contributed by atoms with Crippen LogP contribution in [0.25, 0.3) is 0 Å². The van der Waals surface area contributed by atoms with Crippen LogP contribution in [0.2, 0.25) is 0 Å². The van der Waals surface area contributed by atoms with Gasteiger partial charge >= 0.3 is 6.36 Å². The maximum Gasteiger partial charge on any atom is 0.573 e. The number of alkyl halides is 3. The van der Waals surface area contributed by atoms with Gasteiger partial charge in [0.15, 0.2) is 0 Å². The van der Waals surface area contributed by atoms with Crippen molar-refractivity contribution in [1.82, 2.24) is 0 Å². The van der Waals surface area contributed by atoms with Crippen LogP contribution in [0.15, 0.2) is 24.3 Å². The van der Waals surface area contributed by atoms with Crippen LogP contribution < -0.4 is 10.5 Å². The van der Waals surface area contributed by atoms with Crippen molar-refractivity contribution in [1.29, 1.82) is 0 Å². The van der Waals surface area contributed by atoms with E-state index in [1.165, 1.54) is 12.1 Å². The molecule has 0 saturated carbocycles. The molecule has 0 fully saturated rings. The highest BCUT2D eigenvalue weighted by atomic mass is 19.4. The van der Waals surface area contributed by atoms with Gasteiger partial charge in [-0.2, -0.15) is 0 Å². The molecule has 3 nitrogen and oxygen atoms in total. The number of halogens is 3. The summed E-state index contributed by atoms with van der Waals surface area (Å²) < 4.78 is 44.5. The van der Waals surface area contributed by atoms with Crippen LogP contribution in [0.5, 0.6) is 5.75 Å². The molecule has 0 aliphatic heterocycles. The summed E-state index contributed by atoms with van der Waals surface area (Å²) in [7, 11) is 1.57. The van der Waals surface area contributed by atoms with Gasteiger partial charge in [-0.3, -0.25) is 0 Å². The molecule has 1 atom stereocenters. The maximum absolute atomic E-state index is 11.9. The third kappa shape index (κ3) is 5.88. The molecular weight excluding hydrogens is 247 g/mol. The van der Waals surface area contributed by atoms with Crippen molar-refractivity contribution < 1.29 is 22.6 Å². The van der Waals surface area contributed by atoms with Gasteiger partial charge in [-0.05, 0) is 30.5 Å². The van der Waals surface area contributed by atoms with Crippen molar-refractivity contribution in [3.8, 4) is 5.75 Å². The molecule has 0 aromatic heterocycles. The number of benzene rings is 1. The fourth-order valence-electron chi connectivity index (χ4n) is 1.51. The Kier molecular flexibility index (Phi) is 5.43. The minimum absolute atomic E-state index is 0.0684. The summed E-state index contributed by atoms with van der Waals surface area (Å²) in [4.78, 5) is 0. The lowest BCUT2D eigenvalue weighted by molar-refractivity contribution is -0.274. The molecular formula is C12H16F3NO2. The number of hydrogen-bond acceptors (Lipinski definition) is 3. The first-order valence-electron chi connectivity index (χ1n) is 5.50. The zero-order valence-corrected chi connectivity index (χ0v) is 10.0. The van der Waals surface area contributed by atoms with E-state index < -0.39 is 6.36 Å². The van der Waals surface area contributed by atoms with Crippen molar-refractivity contribution in [3.63, 3.8) is 0 Å². The fourth-order valence-corrected chi connectivity index (χ4v) is 1.51. The van der Waals surface area contributed by atoms with E-state index in [1.54, 1.807) is 19.2 Å². The van der Waals surface area contributed by atoms with Gasteiger partial charge in [0.1, 0.15) is 5.75 Å². The first kappa shape index (κ1) is 14.8. The average molecular weight is 263 g/mol. The van der Waals surface area contributed by atoms with Crippen LogP contribution >= 0.6 is 0 Å². The van der Waals surface area contributed by atoms with Gasteiger partial charge < -0.3 is 15.2 Å². The summed E-state index contributed by atoms with van der Waals surface area (Å²) in [5.74, 6) is -0.215. The molecule has 1 unspecified atom stereocenters. The number of ether oxygens (including phenoxy) is 2. The topological polar surface area (TPSA) is 44.5 Å². The lowest BCUT2D eigenvalue weighted by Gasteiger charge is -2.11. The first-order valence-corrected chi connectivity index (χ1v) is 5.50. The highest BCUT2D eigenvalue weighted by molar-refractivity contribution is 5.27. The van der Waals surface area contributed by atoms with Crippen LogP contribution in [0, 0.1) is 0 Å². The van der Waals surface area contributed by atoms with Gasteiger partial charge in [-0.25, -0.2) is 0 Å². The van der Waals surface area contributed by atoms with Crippen LogP contribution in [0.4, 0.5) is 13.2 Å². The Morgan fingerprint density at radius 1 is 1.22 bits per heavy atom. The second-order valence-electron chi connectivity index (χ2n) is 3.95. The van der Waals surface area contributed by atoms with Gasteiger partial charge in [0, 0.05) is 13.2 Å². The molecule has 6 heteroatoms. The van der Waals surface area contributed by atoms with E-state index in [1.807, 2.05) is 0 Å². The Balaban J connectivity index is 2.45. The Labute approximate surface area is 104 Å². The van der Waals surface area contributed by atoms with Crippen molar-refractivity contribution in [2.75, 3.05) is 13.7 Å². The molecule has 0 radical (unpaired) electrons. The molecule has 0 aliphatic rings. The molecule has 1 rings (SSSR count). The zero-order valence-electron chi connectivity index (χ0n) is 10.0. The standard InChI is InChI=1S/C12H16F3NO2/c1-17-8-10(16)5-2-9-3-6-11(7-4-9)18-12(13,14)15/h3-4,6-7,10H,2,5,8,16H2,1H3. The van der Waals surface area contributed by atoms with Crippen LogP contribution in [0.3, 0.4) is 0 Å². The van der Waals surface area contributed by atoms with Gasteiger partial charge in [-0.15, -0.1) is 13.2 Å². The van der Waals surface area contributed by atoms with Crippen molar-refractivity contribution in [3.05, 3.63) is 29.8 Å². The molecule has 0 heterocycles.